The van der Waals surface area contributed by atoms with Gasteiger partial charge in [-0.2, -0.15) is 13.2 Å². The quantitative estimate of drug-likeness (QED) is 0.225. The maximum absolute atomic E-state index is 13.1. The number of carboxylic acids is 1. The number of halogens is 4. The molecular formula is C22H19ClF3NO4S2. The first-order valence-corrected chi connectivity index (χ1v) is 11.4. The van der Waals surface area contributed by atoms with E-state index in [9.17, 15) is 23.1 Å². The Kier molecular flexibility index (Phi) is 7.71. The molecule has 0 aliphatic heterocycles. The molecule has 11 heteroatoms. The van der Waals surface area contributed by atoms with Crippen molar-refractivity contribution in [2.75, 3.05) is 0 Å². The Morgan fingerprint density at radius 2 is 1.94 bits per heavy atom. The van der Waals surface area contributed by atoms with Crippen LogP contribution in [0.15, 0.2) is 41.3 Å². The molecule has 3 aromatic rings. The smallest absolute Gasteiger partial charge is 0.416 e. The van der Waals surface area contributed by atoms with Crippen molar-refractivity contribution in [1.29, 1.82) is 0 Å². The topological polar surface area (TPSA) is 75.6 Å². The van der Waals surface area contributed by atoms with Crippen molar-refractivity contribution in [1.82, 2.24) is 4.57 Å². The molecule has 0 unspecified atom stereocenters. The Balaban J connectivity index is 1.80. The number of aromatic nitrogens is 1. The van der Waals surface area contributed by atoms with Gasteiger partial charge < -0.3 is 14.6 Å². The van der Waals surface area contributed by atoms with E-state index in [2.05, 4.69) is 6.58 Å². The molecule has 176 valence electrons. The molecule has 0 saturated heterocycles. The molecule has 33 heavy (non-hydrogen) atoms. The van der Waals surface area contributed by atoms with Gasteiger partial charge in [0.25, 0.3) is 0 Å². The molecule has 0 atom stereocenters. The lowest BCUT2D eigenvalue weighted by atomic mass is 10.1. The lowest BCUT2D eigenvalue weighted by molar-refractivity contribution is -0.138. The summed E-state index contributed by atoms with van der Waals surface area (Å²) in [4.78, 5) is 11.0. The molecule has 0 amide bonds. The lowest BCUT2D eigenvalue weighted by Gasteiger charge is -2.09. The summed E-state index contributed by atoms with van der Waals surface area (Å²) in [5, 5.41) is 19.4. The van der Waals surface area contributed by atoms with E-state index >= 15 is 0 Å². The zero-order chi connectivity index (χ0) is 24.3. The third-order valence-corrected chi connectivity index (χ3v) is 6.71. The molecule has 0 radical (unpaired) electrons. The zero-order valence-electron chi connectivity index (χ0n) is 17.1. The first-order valence-electron chi connectivity index (χ1n) is 9.80. The second kappa shape index (κ2) is 10.1. The monoisotopic (exact) mass is 517 g/mol. The number of aromatic hydroxyl groups is 1. The van der Waals surface area contributed by atoms with Crippen LogP contribution in [0.2, 0.25) is 5.02 Å². The van der Waals surface area contributed by atoms with Crippen molar-refractivity contribution in [3.8, 4) is 17.2 Å². The van der Waals surface area contributed by atoms with Crippen LogP contribution in [-0.2, 0) is 17.5 Å². The van der Waals surface area contributed by atoms with Crippen molar-refractivity contribution in [3.63, 3.8) is 0 Å². The van der Waals surface area contributed by atoms with Gasteiger partial charge in [-0.15, -0.1) is 11.3 Å². The molecule has 0 aliphatic rings. The van der Waals surface area contributed by atoms with Crippen LogP contribution in [0.1, 0.15) is 41.9 Å². The third-order valence-electron chi connectivity index (χ3n) is 4.88. The lowest BCUT2D eigenvalue weighted by Crippen LogP contribution is -2.04. The molecule has 5 nitrogen and oxygen atoms in total. The Labute approximate surface area is 201 Å². The van der Waals surface area contributed by atoms with Gasteiger partial charge in [0.1, 0.15) is 16.4 Å². The van der Waals surface area contributed by atoms with Crippen molar-refractivity contribution in [3.05, 3.63) is 62.1 Å². The van der Waals surface area contributed by atoms with Crippen LogP contribution in [0.4, 0.5) is 13.2 Å². The second-order valence-corrected chi connectivity index (χ2v) is 9.26. The number of hydrogen-bond donors (Lipinski definition) is 2. The summed E-state index contributed by atoms with van der Waals surface area (Å²) < 4.78 is 46.9. The summed E-state index contributed by atoms with van der Waals surface area (Å²) >= 11 is 12.5. The normalized spacial score (nSPS) is 11.6. The van der Waals surface area contributed by atoms with Gasteiger partial charge in [0.05, 0.1) is 10.6 Å². The summed E-state index contributed by atoms with van der Waals surface area (Å²) in [7, 11) is 0. The minimum Gasteiger partial charge on any atom is -0.493 e. The Bertz CT molecular complexity index is 1240. The average Bonchev–Trinajstić information content (AvgIpc) is 3.32. The van der Waals surface area contributed by atoms with E-state index in [1.165, 1.54) is 16.7 Å². The van der Waals surface area contributed by atoms with E-state index in [-0.39, 0.29) is 34.4 Å². The average molecular weight is 518 g/mol. The Morgan fingerprint density at radius 1 is 1.21 bits per heavy atom. The highest BCUT2D eigenvalue weighted by atomic mass is 35.5. The highest BCUT2D eigenvalue weighted by Gasteiger charge is 2.31. The van der Waals surface area contributed by atoms with Crippen LogP contribution < -0.4 is 0 Å². The molecule has 0 bridgehead atoms. The Morgan fingerprint density at radius 3 is 2.61 bits per heavy atom. The van der Waals surface area contributed by atoms with Gasteiger partial charge in [-0.25, -0.2) is 0 Å². The minimum absolute atomic E-state index is 0.0831. The summed E-state index contributed by atoms with van der Waals surface area (Å²) in [5.74, 6) is -0.571. The number of benzene rings is 1. The number of furan rings is 1. The van der Waals surface area contributed by atoms with Crippen molar-refractivity contribution < 1.29 is 32.6 Å². The molecule has 0 saturated carbocycles. The van der Waals surface area contributed by atoms with Gasteiger partial charge in [-0.3, -0.25) is 9.36 Å². The standard InChI is InChI=1S/C22H19ClF3NO4S2/c1-12(19-20(30)27(21(32)33-19)10-4-2-3-5-18(28)29)16-8-9-17(31-16)14-11-13(22(24,25)26)6-7-15(14)23/h6-9,11,30H,1-5,10H2,(H,28,29). The van der Waals surface area contributed by atoms with E-state index in [0.29, 0.717) is 40.2 Å². The minimum atomic E-state index is -4.53. The van der Waals surface area contributed by atoms with Gasteiger partial charge in [0, 0.05) is 24.1 Å². The second-order valence-electron chi connectivity index (χ2n) is 7.21. The number of nitrogens with zero attached hydrogens (tertiary/aromatic N) is 1. The van der Waals surface area contributed by atoms with Crippen molar-refractivity contribution in [2.24, 2.45) is 0 Å². The van der Waals surface area contributed by atoms with Crippen LogP contribution in [0.3, 0.4) is 0 Å². The molecule has 2 N–H and O–H groups in total. The van der Waals surface area contributed by atoms with Gasteiger partial charge in [-0.05, 0) is 55.4 Å². The first-order chi connectivity index (χ1) is 15.5. The number of thiazole rings is 1. The van der Waals surface area contributed by atoms with Gasteiger partial charge in [-0.1, -0.05) is 24.6 Å². The number of carbonyl (C=O) groups is 1. The fourth-order valence-corrected chi connectivity index (χ4v) is 4.69. The highest BCUT2D eigenvalue weighted by molar-refractivity contribution is 7.73. The molecule has 0 aliphatic carbocycles. The predicted octanol–water partition coefficient (Wildman–Crippen LogP) is 7.62. The number of unbranched alkanes of at least 4 members (excludes halogenated alkanes) is 2. The van der Waals surface area contributed by atoms with Gasteiger partial charge in [0.15, 0.2) is 3.95 Å². The SMILES string of the molecule is C=C(c1ccc(-c2cc(C(F)(F)F)ccc2Cl)o1)c1sc(=S)n(CCCCCC(=O)O)c1O. The summed E-state index contributed by atoms with van der Waals surface area (Å²) in [6.07, 6.45) is -2.61. The van der Waals surface area contributed by atoms with Crippen molar-refractivity contribution >= 4 is 46.7 Å². The summed E-state index contributed by atoms with van der Waals surface area (Å²) in [5.41, 5.74) is -0.446. The highest BCUT2D eigenvalue weighted by Crippen LogP contribution is 2.40. The number of rotatable bonds is 9. The fraction of sp³-hybridized carbons (Fsp3) is 0.273. The van der Waals surface area contributed by atoms with Crippen molar-refractivity contribution in [2.45, 2.75) is 38.4 Å². The van der Waals surface area contributed by atoms with E-state index < -0.39 is 17.7 Å². The van der Waals surface area contributed by atoms with Crippen LogP contribution in [0.5, 0.6) is 5.88 Å². The molecule has 3 rings (SSSR count). The molecule has 0 fully saturated rings. The Hall–Kier alpha value is -2.56. The molecule has 1 aromatic carbocycles. The maximum Gasteiger partial charge on any atom is 0.416 e. The predicted molar refractivity (Wildman–Crippen MR) is 123 cm³/mol. The number of carboxylic acid groups (broad SMARTS) is 1. The van der Waals surface area contributed by atoms with Crippen LogP contribution in [-0.4, -0.2) is 20.7 Å². The number of alkyl halides is 3. The van der Waals surface area contributed by atoms with E-state index in [0.717, 1.165) is 29.5 Å². The first kappa shape index (κ1) is 25.1. The summed E-state index contributed by atoms with van der Waals surface area (Å²) in [6, 6.07) is 5.98. The number of hydrogen-bond acceptors (Lipinski definition) is 5. The molecular weight excluding hydrogens is 499 g/mol. The fourth-order valence-electron chi connectivity index (χ4n) is 3.16. The van der Waals surface area contributed by atoms with Crippen LogP contribution in [0.25, 0.3) is 16.9 Å². The summed E-state index contributed by atoms with van der Waals surface area (Å²) in [6.45, 7) is 4.36. The molecule has 2 heterocycles. The van der Waals surface area contributed by atoms with Gasteiger partial charge >= 0.3 is 12.1 Å². The largest absolute Gasteiger partial charge is 0.493 e. The molecule has 0 spiro atoms. The van der Waals surface area contributed by atoms with E-state index in [1.807, 2.05) is 0 Å². The van der Waals surface area contributed by atoms with Crippen LogP contribution in [0, 0.1) is 3.95 Å². The van der Waals surface area contributed by atoms with Crippen LogP contribution >= 0.6 is 35.2 Å². The molecule has 2 aromatic heterocycles. The van der Waals surface area contributed by atoms with E-state index in [1.54, 1.807) is 0 Å². The van der Waals surface area contributed by atoms with Gasteiger partial charge in [0.2, 0.25) is 5.88 Å². The maximum atomic E-state index is 13.1. The number of aliphatic carboxylic acids is 1. The van der Waals surface area contributed by atoms with E-state index in [4.69, 9.17) is 33.3 Å². The zero-order valence-corrected chi connectivity index (χ0v) is 19.5. The third kappa shape index (κ3) is 5.87.